The summed E-state index contributed by atoms with van der Waals surface area (Å²) in [5.74, 6) is 0. The lowest BCUT2D eigenvalue weighted by molar-refractivity contribution is -0.384. The predicted molar refractivity (Wildman–Crippen MR) is 85.9 cm³/mol. The first kappa shape index (κ1) is 14.8. The zero-order valence-electron chi connectivity index (χ0n) is 12.5. The van der Waals surface area contributed by atoms with Crippen molar-refractivity contribution in [3.05, 3.63) is 63.7 Å². The summed E-state index contributed by atoms with van der Waals surface area (Å²) in [5, 5.41) is 13.9. The van der Waals surface area contributed by atoms with Gasteiger partial charge in [0.2, 0.25) is 0 Å². The Balaban J connectivity index is 2.21. The minimum atomic E-state index is -0.360. The summed E-state index contributed by atoms with van der Waals surface area (Å²) in [6, 6.07) is 13.5. The van der Waals surface area contributed by atoms with E-state index in [4.69, 9.17) is 0 Å². The molecule has 0 spiro atoms. The Bertz CT molecular complexity index is 638. The van der Waals surface area contributed by atoms with Crippen LogP contribution in [0.5, 0.6) is 0 Å². The van der Waals surface area contributed by atoms with Crippen molar-refractivity contribution in [2.24, 2.45) is 0 Å². The summed E-state index contributed by atoms with van der Waals surface area (Å²) >= 11 is 0. The zero-order chi connectivity index (χ0) is 15.4. The number of hydrogen-bond acceptors (Lipinski definition) is 4. The number of benzene rings is 2. The topological polar surface area (TPSA) is 58.4 Å². The van der Waals surface area contributed by atoms with E-state index in [0.29, 0.717) is 12.2 Å². The molecule has 0 saturated heterocycles. The van der Waals surface area contributed by atoms with Gasteiger partial charge in [0.25, 0.3) is 5.69 Å². The number of hydrogen-bond donors (Lipinski definition) is 1. The highest BCUT2D eigenvalue weighted by Crippen LogP contribution is 2.26. The second-order valence-corrected chi connectivity index (χ2v) is 5.05. The maximum Gasteiger partial charge on any atom is 0.292 e. The number of aryl methyl sites for hydroxylation is 1. The van der Waals surface area contributed by atoms with Crippen molar-refractivity contribution in [3.63, 3.8) is 0 Å². The smallest absolute Gasteiger partial charge is 0.292 e. The number of nitrogens with zero attached hydrogens (tertiary/aromatic N) is 2. The van der Waals surface area contributed by atoms with Crippen molar-refractivity contribution in [1.29, 1.82) is 0 Å². The second kappa shape index (κ2) is 6.26. The standard InChI is InChI=1S/C16H19N3O2/c1-12-4-7-14(8-5-12)18(3)11-13-6-9-15(17-2)16(10-13)19(20)21/h4-10,17H,11H2,1-3H3. The van der Waals surface area contributed by atoms with Crippen molar-refractivity contribution >= 4 is 17.1 Å². The van der Waals surface area contributed by atoms with Crippen LogP contribution < -0.4 is 10.2 Å². The van der Waals surface area contributed by atoms with Crippen molar-refractivity contribution in [2.75, 3.05) is 24.3 Å². The SMILES string of the molecule is CNc1ccc(CN(C)c2ccc(C)cc2)cc1[N+](=O)[O-]. The van der Waals surface area contributed by atoms with Crippen molar-refractivity contribution in [2.45, 2.75) is 13.5 Å². The molecule has 5 heteroatoms. The van der Waals surface area contributed by atoms with E-state index in [1.165, 1.54) is 5.56 Å². The Hall–Kier alpha value is -2.56. The van der Waals surface area contributed by atoms with Crippen LogP contribution >= 0.6 is 0 Å². The lowest BCUT2D eigenvalue weighted by Gasteiger charge is -2.19. The molecule has 0 bridgehead atoms. The number of nitro benzene ring substituents is 1. The van der Waals surface area contributed by atoms with Crippen molar-refractivity contribution in [3.8, 4) is 0 Å². The van der Waals surface area contributed by atoms with E-state index in [2.05, 4.69) is 22.3 Å². The zero-order valence-corrected chi connectivity index (χ0v) is 12.5. The fourth-order valence-corrected chi connectivity index (χ4v) is 2.20. The lowest BCUT2D eigenvalue weighted by atomic mass is 10.1. The summed E-state index contributed by atoms with van der Waals surface area (Å²) in [6.45, 7) is 2.66. The van der Waals surface area contributed by atoms with E-state index in [9.17, 15) is 10.1 Å². The minimum Gasteiger partial charge on any atom is -0.383 e. The van der Waals surface area contributed by atoms with E-state index in [-0.39, 0.29) is 10.6 Å². The van der Waals surface area contributed by atoms with Gasteiger partial charge < -0.3 is 10.2 Å². The maximum absolute atomic E-state index is 11.1. The molecule has 0 amide bonds. The van der Waals surface area contributed by atoms with Crippen LogP contribution in [0.15, 0.2) is 42.5 Å². The Morgan fingerprint density at radius 3 is 2.43 bits per heavy atom. The first-order chi connectivity index (χ1) is 10.0. The number of rotatable bonds is 5. The van der Waals surface area contributed by atoms with Gasteiger partial charge in [0, 0.05) is 32.4 Å². The normalized spacial score (nSPS) is 10.2. The van der Waals surface area contributed by atoms with Gasteiger partial charge in [-0.05, 0) is 30.7 Å². The van der Waals surface area contributed by atoms with E-state index in [1.54, 1.807) is 19.2 Å². The predicted octanol–water partition coefficient (Wildman–Crippen LogP) is 3.58. The van der Waals surface area contributed by atoms with Gasteiger partial charge in [0.15, 0.2) is 0 Å². The molecule has 0 aliphatic carbocycles. The van der Waals surface area contributed by atoms with Crippen LogP contribution in [0, 0.1) is 17.0 Å². The Labute approximate surface area is 124 Å². The van der Waals surface area contributed by atoms with E-state index >= 15 is 0 Å². The van der Waals surface area contributed by atoms with Gasteiger partial charge in [-0.2, -0.15) is 0 Å². The molecule has 0 atom stereocenters. The highest BCUT2D eigenvalue weighted by Gasteiger charge is 2.14. The van der Waals surface area contributed by atoms with Crippen LogP contribution in [-0.2, 0) is 6.54 Å². The molecule has 0 fully saturated rings. The highest BCUT2D eigenvalue weighted by molar-refractivity contribution is 5.62. The third-order valence-electron chi connectivity index (χ3n) is 3.42. The molecule has 0 radical (unpaired) electrons. The number of nitrogens with one attached hydrogen (secondary N) is 1. The van der Waals surface area contributed by atoms with Gasteiger partial charge in [0.1, 0.15) is 5.69 Å². The van der Waals surface area contributed by atoms with Gasteiger partial charge >= 0.3 is 0 Å². The summed E-state index contributed by atoms with van der Waals surface area (Å²) in [4.78, 5) is 12.8. The Morgan fingerprint density at radius 1 is 1.19 bits per heavy atom. The molecule has 1 N–H and O–H groups in total. The van der Waals surface area contributed by atoms with Crippen LogP contribution in [0.1, 0.15) is 11.1 Å². The molecule has 2 aromatic carbocycles. The number of anilines is 2. The van der Waals surface area contributed by atoms with E-state index in [0.717, 1.165) is 11.3 Å². The maximum atomic E-state index is 11.1. The van der Waals surface area contributed by atoms with Crippen LogP contribution in [-0.4, -0.2) is 19.0 Å². The molecule has 0 saturated carbocycles. The molecule has 2 rings (SSSR count). The Morgan fingerprint density at radius 2 is 1.86 bits per heavy atom. The summed E-state index contributed by atoms with van der Waals surface area (Å²) in [5.41, 5.74) is 3.83. The lowest BCUT2D eigenvalue weighted by Crippen LogP contribution is -2.16. The van der Waals surface area contributed by atoms with Gasteiger partial charge in [-0.1, -0.05) is 23.8 Å². The Kier molecular flexibility index (Phi) is 4.42. The fourth-order valence-electron chi connectivity index (χ4n) is 2.20. The fraction of sp³-hybridized carbons (Fsp3) is 0.250. The van der Waals surface area contributed by atoms with Crippen LogP contribution in [0.4, 0.5) is 17.1 Å². The molecular formula is C16H19N3O2. The molecule has 110 valence electrons. The summed E-state index contributed by atoms with van der Waals surface area (Å²) in [7, 11) is 3.66. The summed E-state index contributed by atoms with van der Waals surface area (Å²) in [6.07, 6.45) is 0. The first-order valence-electron chi connectivity index (χ1n) is 6.74. The molecule has 0 aliphatic rings. The first-order valence-corrected chi connectivity index (χ1v) is 6.74. The quantitative estimate of drug-likeness (QED) is 0.674. The number of nitro groups is 1. The molecule has 0 aliphatic heterocycles. The largest absolute Gasteiger partial charge is 0.383 e. The van der Waals surface area contributed by atoms with Gasteiger partial charge in [-0.25, -0.2) is 0 Å². The third-order valence-corrected chi connectivity index (χ3v) is 3.42. The van der Waals surface area contributed by atoms with Crippen LogP contribution in [0.3, 0.4) is 0 Å². The van der Waals surface area contributed by atoms with Crippen LogP contribution in [0.2, 0.25) is 0 Å². The van der Waals surface area contributed by atoms with Gasteiger partial charge in [0.05, 0.1) is 4.92 Å². The third kappa shape index (κ3) is 3.51. The molecule has 0 aromatic heterocycles. The molecule has 5 nitrogen and oxygen atoms in total. The van der Waals surface area contributed by atoms with Crippen molar-refractivity contribution in [1.82, 2.24) is 0 Å². The van der Waals surface area contributed by atoms with Gasteiger partial charge in [-0.15, -0.1) is 0 Å². The molecular weight excluding hydrogens is 266 g/mol. The van der Waals surface area contributed by atoms with Crippen LogP contribution in [0.25, 0.3) is 0 Å². The average Bonchev–Trinajstić information content (AvgIpc) is 2.47. The summed E-state index contributed by atoms with van der Waals surface area (Å²) < 4.78 is 0. The molecule has 2 aromatic rings. The molecule has 0 heterocycles. The monoisotopic (exact) mass is 285 g/mol. The highest BCUT2D eigenvalue weighted by atomic mass is 16.6. The minimum absolute atomic E-state index is 0.104. The van der Waals surface area contributed by atoms with Crippen molar-refractivity contribution < 1.29 is 4.92 Å². The van der Waals surface area contributed by atoms with E-state index < -0.39 is 0 Å². The van der Waals surface area contributed by atoms with Gasteiger partial charge in [-0.3, -0.25) is 10.1 Å². The molecule has 0 unspecified atom stereocenters. The second-order valence-electron chi connectivity index (χ2n) is 5.05. The molecule has 21 heavy (non-hydrogen) atoms. The van der Waals surface area contributed by atoms with E-state index in [1.807, 2.05) is 32.2 Å². The average molecular weight is 285 g/mol.